The number of benzene rings is 1. The van der Waals surface area contributed by atoms with E-state index in [2.05, 4.69) is 50.6 Å². The van der Waals surface area contributed by atoms with Crippen molar-refractivity contribution in [3.05, 3.63) is 48.9 Å². The van der Waals surface area contributed by atoms with Gasteiger partial charge in [-0.15, -0.1) is 0 Å². The molecule has 136 valence electrons. The van der Waals surface area contributed by atoms with Crippen LogP contribution in [0.25, 0.3) is 21.8 Å². The molecule has 0 radical (unpaired) electrons. The average molecular weight is 349 g/mol. The molecule has 0 bridgehead atoms. The fourth-order valence-corrected chi connectivity index (χ4v) is 3.19. The Labute approximate surface area is 155 Å². The number of hydrogen-bond donors (Lipinski definition) is 1. The summed E-state index contributed by atoms with van der Waals surface area (Å²) >= 11 is 0. The van der Waals surface area contributed by atoms with Gasteiger partial charge in [0.05, 0.1) is 16.7 Å². The van der Waals surface area contributed by atoms with E-state index in [1.807, 2.05) is 46.2 Å². The first-order chi connectivity index (χ1) is 12.8. The summed E-state index contributed by atoms with van der Waals surface area (Å²) in [5, 5.41) is 5.67. The van der Waals surface area contributed by atoms with Crippen LogP contribution in [0.2, 0.25) is 0 Å². The highest BCUT2D eigenvalue weighted by Crippen LogP contribution is 2.38. The fraction of sp³-hybridized carbons (Fsp3) is 0.286. The van der Waals surface area contributed by atoms with Gasteiger partial charge in [-0.2, -0.15) is 0 Å². The Morgan fingerprint density at radius 3 is 2.50 bits per heavy atom. The maximum absolute atomic E-state index is 4.38. The van der Waals surface area contributed by atoms with Crippen molar-refractivity contribution in [3.63, 3.8) is 0 Å². The number of pyridine rings is 1. The molecule has 0 saturated carbocycles. The SMILES string of the molecule is C=CN=C1Nc2c(ccc3c2c2cnccc2n3C)C1=NC.CC.CC. The molecule has 1 aliphatic rings. The quantitative estimate of drug-likeness (QED) is 0.659. The van der Waals surface area contributed by atoms with Gasteiger partial charge >= 0.3 is 0 Å². The van der Waals surface area contributed by atoms with Crippen molar-refractivity contribution in [1.82, 2.24) is 9.55 Å². The first-order valence-electron chi connectivity index (χ1n) is 9.04. The molecule has 0 spiro atoms. The van der Waals surface area contributed by atoms with Crippen molar-refractivity contribution in [3.8, 4) is 0 Å². The molecule has 0 saturated heterocycles. The highest BCUT2D eigenvalue weighted by Gasteiger charge is 2.27. The van der Waals surface area contributed by atoms with Crippen LogP contribution in [0, 0.1) is 0 Å². The molecule has 1 aromatic carbocycles. The smallest absolute Gasteiger partial charge is 0.156 e. The molecule has 0 amide bonds. The lowest BCUT2D eigenvalue weighted by molar-refractivity contribution is 1.01. The molecule has 26 heavy (non-hydrogen) atoms. The molecule has 3 aromatic rings. The summed E-state index contributed by atoms with van der Waals surface area (Å²) in [5.41, 5.74) is 5.27. The normalized spacial score (nSPS) is 15.2. The fourth-order valence-electron chi connectivity index (χ4n) is 3.19. The topological polar surface area (TPSA) is 54.6 Å². The predicted octanol–water partition coefficient (Wildman–Crippen LogP) is 5.17. The van der Waals surface area contributed by atoms with Crippen LogP contribution in [-0.2, 0) is 7.05 Å². The maximum atomic E-state index is 4.38. The van der Waals surface area contributed by atoms with Gasteiger partial charge in [0.15, 0.2) is 5.84 Å². The maximum Gasteiger partial charge on any atom is 0.156 e. The van der Waals surface area contributed by atoms with Crippen LogP contribution in [0.5, 0.6) is 0 Å². The summed E-state index contributed by atoms with van der Waals surface area (Å²) in [6.07, 6.45) is 5.25. The van der Waals surface area contributed by atoms with Crippen LogP contribution in [-0.4, -0.2) is 28.1 Å². The molecule has 1 N–H and O–H groups in total. The van der Waals surface area contributed by atoms with Crippen LogP contribution in [0.15, 0.2) is 53.4 Å². The number of aliphatic imine (C=N–C) groups is 2. The van der Waals surface area contributed by atoms with E-state index in [4.69, 9.17) is 0 Å². The number of anilines is 1. The molecule has 2 aromatic heterocycles. The van der Waals surface area contributed by atoms with E-state index in [1.165, 1.54) is 6.20 Å². The second kappa shape index (κ2) is 8.43. The Hall–Kier alpha value is -2.95. The van der Waals surface area contributed by atoms with Gasteiger partial charge in [0.2, 0.25) is 0 Å². The summed E-state index contributed by atoms with van der Waals surface area (Å²) in [6.45, 7) is 11.7. The lowest BCUT2D eigenvalue weighted by Gasteiger charge is -2.02. The van der Waals surface area contributed by atoms with Crippen LogP contribution in [0.1, 0.15) is 33.3 Å². The number of nitrogens with one attached hydrogen (secondary N) is 1. The van der Waals surface area contributed by atoms with Gasteiger partial charge in [-0.25, -0.2) is 4.99 Å². The second-order valence-corrected chi connectivity index (χ2v) is 5.19. The van der Waals surface area contributed by atoms with Crippen molar-refractivity contribution in [2.75, 3.05) is 12.4 Å². The van der Waals surface area contributed by atoms with Gasteiger partial charge in [0.1, 0.15) is 5.71 Å². The van der Waals surface area contributed by atoms with E-state index in [-0.39, 0.29) is 0 Å². The van der Waals surface area contributed by atoms with Crippen LogP contribution in [0.4, 0.5) is 5.69 Å². The summed E-state index contributed by atoms with van der Waals surface area (Å²) in [4.78, 5) is 13.0. The van der Waals surface area contributed by atoms with Gasteiger partial charge in [-0.1, -0.05) is 34.3 Å². The third-order valence-electron chi connectivity index (χ3n) is 4.14. The van der Waals surface area contributed by atoms with Crippen LogP contribution < -0.4 is 5.32 Å². The molecular weight excluding hydrogens is 322 g/mol. The van der Waals surface area contributed by atoms with Gasteiger partial charge in [0, 0.05) is 49.0 Å². The molecule has 0 unspecified atom stereocenters. The zero-order valence-corrected chi connectivity index (χ0v) is 16.5. The number of nitrogens with zero attached hydrogens (tertiary/aromatic N) is 4. The number of amidine groups is 1. The minimum Gasteiger partial charge on any atom is -0.343 e. The van der Waals surface area contributed by atoms with Crippen molar-refractivity contribution >= 4 is 39.0 Å². The Morgan fingerprint density at radius 2 is 1.85 bits per heavy atom. The first kappa shape index (κ1) is 19.4. The van der Waals surface area contributed by atoms with Crippen LogP contribution in [0.3, 0.4) is 0 Å². The zero-order valence-electron chi connectivity index (χ0n) is 16.5. The third kappa shape index (κ3) is 2.90. The second-order valence-electron chi connectivity index (χ2n) is 5.19. The van der Waals surface area contributed by atoms with E-state index < -0.39 is 0 Å². The van der Waals surface area contributed by atoms with E-state index in [9.17, 15) is 0 Å². The predicted molar refractivity (Wildman–Crippen MR) is 115 cm³/mol. The lowest BCUT2D eigenvalue weighted by Crippen LogP contribution is -2.14. The standard InChI is InChI=1S/C17H15N5.2C2H6/c1-4-20-17-16(18-2)10-5-6-13-14(15(10)21-17)11-9-19-8-7-12(11)22(13)3;2*1-2/h4-9H,1H2,2-3H3,(H,18,20,21);2*1-2H3. The van der Waals surface area contributed by atoms with E-state index in [0.29, 0.717) is 0 Å². The highest BCUT2D eigenvalue weighted by atomic mass is 15.1. The minimum atomic E-state index is 0.737. The Bertz CT molecular complexity index is 992. The molecule has 0 fully saturated rings. The Balaban J connectivity index is 0.000000570. The number of fused-ring (bicyclic) bond motifs is 5. The average Bonchev–Trinajstić information content (AvgIpc) is 3.20. The highest BCUT2D eigenvalue weighted by molar-refractivity contribution is 6.57. The number of hydrogen-bond acceptors (Lipinski definition) is 3. The van der Waals surface area contributed by atoms with Gasteiger partial charge < -0.3 is 9.88 Å². The zero-order chi connectivity index (χ0) is 19.3. The summed E-state index contributed by atoms with van der Waals surface area (Å²) in [7, 11) is 3.85. The Morgan fingerprint density at radius 1 is 1.12 bits per heavy atom. The van der Waals surface area contributed by atoms with Crippen molar-refractivity contribution in [1.29, 1.82) is 0 Å². The van der Waals surface area contributed by atoms with E-state index in [1.54, 1.807) is 7.05 Å². The summed E-state index contributed by atoms with van der Waals surface area (Å²) in [5.74, 6) is 0.737. The van der Waals surface area contributed by atoms with Crippen molar-refractivity contribution in [2.45, 2.75) is 27.7 Å². The number of aryl methyl sites for hydroxylation is 1. The monoisotopic (exact) mass is 349 g/mol. The minimum absolute atomic E-state index is 0.737. The van der Waals surface area contributed by atoms with E-state index >= 15 is 0 Å². The summed E-state index contributed by atoms with van der Waals surface area (Å²) in [6, 6.07) is 6.24. The Kier molecular flexibility index (Phi) is 6.28. The molecule has 5 nitrogen and oxygen atoms in total. The van der Waals surface area contributed by atoms with Gasteiger partial charge in [0.25, 0.3) is 0 Å². The molecule has 5 heteroatoms. The molecule has 4 rings (SSSR count). The molecule has 1 aliphatic heterocycles. The first-order valence-corrected chi connectivity index (χ1v) is 9.04. The molecule has 0 atom stereocenters. The van der Waals surface area contributed by atoms with Crippen molar-refractivity contribution < 1.29 is 0 Å². The number of rotatable bonds is 1. The molecule has 0 aliphatic carbocycles. The molecule has 3 heterocycles. The number of aromatic nitrogens is 2. The third-order valence-corrected chi connectivity index (χ3v) is 4.14. The van der Waals surface area contributed by atoms with Gasteiger partial charge in [-0.05, 0) is 18.2 Å². The molecular formula is C21H27N5. The largest absolute Gasteiger partial charge is 0.343 e. The van der Waals surface area contributed by atoms with Crippen molar-refractivity contribution in [2.24, 2.45) is 17.0 Å². The summed E-state index contributed by atoms with van der Waals surface area (Å²) < 4.78 is 2.18. The van der Waals surface area contributed by atoms with Gasteiger partial charge in [-0.3, -0.25) is 9.98 Å². The van der Waals surface area contributed by atoms with Crippen LogP contribution >= 0.6 is 0 Å². The lowest BCUT2D eigenvalue weighted by atomic mass is 10.1. The van der Waals surface area contributed by atoms with E-state index in [0.717, 1.165) is 44.6 Å².